The first kappa shape index (κ1) is 19.1. The van der Waals surface area contributed by atoms with E-state index in [0.29, 0.717) is 31.0 Å². The summed E-state index contributed by atoms with van der Waals surface area (Å²) in [5.74, 6) is -0.00991. The van der Waals surface area contributed by atoms with Crippen LogP contribution in [0.5, 0.6) is 0 Å². The molecule has 0 spiro atoms. The van der Waals surface area contributed by atoms with Crippen molar-refractivity contribution in [3.05, 3.63) is 45.1 Å². The largest absolute Gasteiger partial charge is 0.307 e. The standard InChI is InChI=1S/C19H24N2O3S2/c1-5-20(6-2)26(23,24)16-7-8-17-15(12-16)9-10-21(17)19(22)18-11-13(3)14(4)25-18/h7-8,11-12H,5-6,9-10H2,1-4H3. The summed E-state index contributed by atoms with van der Waals surface area (Å²) in [6, 6.07) is 7.04. The van der Waals surface area contributed by atoms with Crippen molar-refractivity contribution in [3.63, 3.8) is 0 Å². The Bertz CT molecular complexity index is 924. The van der Waals surface area contributed by atoms with Gasteiger partial charge in [-0.25, -0.2) is 8.42 Å². The highest BCUT2D eigenvalue weighted by Gasteiger charge is 2.29. The summed E-state index contributed by atoms with van der Waals surface area (Å²) < 4.78 is 26.9. The minimum Gasteiger partial charge on any atom is -0.307 e. The van der Waals surface area contributed by atoms with Gasteiger partial charge in [-0.2, -0.15) is 4.31 Å². The molecular weight excluding hydrogens is 368 g/mol. The van der Waals surface area contributed by atoms with Crippen molar-refractivity contribution in [1.29, 1.82) is 0 Å². The maximum Gasteiger partial charge on any atom is 0.268 e. The molecule has 140 valence electrons. The van der Waals surface area contributed by atoms with Gasteiger partial charge in [0.2, 0.25) is 10.0 Å². The molecule has 0 fully saturated rings. The predicted octanol–water partition coefficient (Wildman–Crippen LogP) is 3.60. The molecule has 1 aromatic carbocycles. The van der Waals surface area contributed by atoms with Gasteiger partial charge in [-0.1, -0.05) is 13.8 Å². The smallest absolute Gasteiger partial charge is 0.268 e. The summed E-state index contributed by atoms with van der Waals surface area (Å²) in [5, 5.41) is 0. The summed E-state index contributed by atoms with van der Waals surface area (Å²) in [6.07, 6.45) is 0.673. The molecular formula is C19H24N2O3S2. The fourth-order valence-corrected chi connectivity index (χ4v) is 5.77. The highest BCUT2D eigenvalue weighted by molar-refractivity contribution is 7.89. The maximum absolute atomic E-state index is 12.9. The molecule has 26 heavy (non-hydrogen) atoms. The first-order valence-electron chi connectivity index (χ1n) is 8.81. The molecule has 1 aromatic heterocycles. The van der Waals surface area contributed by atoms with Crippen LogP contribution in [0.1, 0.15) is 39.5 Å². The predicted molar refractivity (Wildman–Crippen MR) is 106 cm³/mol. The van der Waals surface area contributed by atoms with Gasteiger partial charge in [0.25, 0.3) is 5.91 Å². The molecule has 0 saturated carbocycles. The van der Waals surface area contributed by atoms with Crippen LogP contribution in [0.2, 0.25) is 0 Å². The van der Waals surface area contributed by atoms with E-state index in [2.05, 4.69) is 0 Å². The Kier molecular flexibility index (Phi) is 5.23. The molecule has 2 heterocycles. The van der Waals surface area contributed by atoms with Gasteiger partial charge in [0.05, 0.1) is 9.77 Å². The first-order valence-corrected chi connectivity index (χ1v) is 11.1. The van der Waals surface area contributed by atoms with Crippen molar-refractivity contribution in [2.45, 2.75) is 39.0 Å². The lowest BCUT2D eigenvalue weighted by atomic mass is 10.2. The second-order valence-corrected chi connectivity index (χ2v) is 9.63. The maximum atomic E-state index is 12.9. The van der Waals surface area contributed by atoms with E-state index in [-0.39, 0.29) is 5.91 Å². The summed E-state index contributed by atoms with van der Waals surface area (Å²) in [5.41, 5.74) is 2.85. The lowest BCUT2D eigenvalue weighted by Gasteiger charge is -2.20. The second-order valence-electron chi connectivity index (χ2n) is 6.44. The molecule has 0 atom stereocenters. The van der Waals surface area contributed by atoms with E-state index in [1.165, 1.54) is 15.6 Å². The normalized spacial score (nSPS) is 14.1. The zero-order valence-electron chi connectivity index (χ0n) is 15.6. The second kappa shape index (κ2) is 7.13. The number of carbonyl (C=O) groups is 1. The Labute approximate surface area is 159 Å². The molecule has 0 unspecified atom stereocenters. The number of fused-ring (bicyclic) bond motifs is 1. The van der Waals surface area contributed by atoms with Crippen molar-refractivity contribution < 1.29 is 13.2 Å². The SMILES string of the molecule is CCN(CC)S(=O)(=O)c1ccc2c(c1)CCN2C(=O)c1cc(C)c(C)s1. The molecule has 0 bridgehead atoms. The van der Waals surface area contributed by atoms with Gasteiger partial charge in [0.15, 0.2) is 0 Å². The Morgan fingerprint density at radius 1 is 1.19 bits per heavy atom. The number of amides is 1. The monoisotopic (exact) mass is 392 g/mol. The van der Waals surface area contributed by atoms with Crippen LogP contribution in [0.25, 0.3) is 0 Å². The number of rotatable bonds is 5. The number of carbonyl (C=O) groups excluding carboxylic acids is 1. The van der Waals surface area contributed by atoms with Crippen molar-refractivity contribution in [2.75, 3.05) is 24.5 Å². The van der Waals surface area contributed by atoms with Crippen LogP contribution < -0.4 is 4.90 Å². The van der Waals surface area contributed by atoms with Gasteiger partial charge >= 0.3 is 0 Å². The number of hydrogen-bond donors (Lipinski definition) is 0. The Balaban J connectivity index is 1.92. The summed E-state index contributed by atoms with van der Waals surface area (Å²) >= 11 is 1.51. The number of nitrogens with zero attached hydrogens (tertiary/aromatic N) is 2. The van der Waals surface area contributed by atoms with Crippen LogP contribution >= 0.6 is 11.3 Å². The van der Waals surface area contributed by atoms with E-state index in [9.17, 15) is 13.2 Å². The lowest BCUT2D eigenvalue weighted by Crippen LogP contribution is -2.30. The number of hydrogen-bond acceptors (Lipinski definition) is 4. The average molecular weight is 393 g/mol. The fraction of sp³-hybridized carbons (Fsp3) is 0.421. The molecule has 5 nitrogen and oxygen atoms in total. The van der Waals surface area contributed by atoms with Crippen LogP contribution in [0, 0.1) is 13.8 Å². The van der Waals surface area contributed by atoms with E-state index in [4.69, 9.17) is 0 Å². The molecule has 0 radical (unpaired) electrons. The van der Waals surface area contributed by atoms with Gasteiger partial charge in [-0.15, -0.1) is 11.3 Å². The van der Waals surface area contributed by atoms with E-state index < -0.39 is 10.0 Å². The third-order valence-electron chi connectivity index (χ3n) is 4.91. The molecule has 3 rings (SSSR count). The van der Waals surface area contributed by atoms with E-state index >= 15 is 0 Å². The Morgan fingerprint density at radius 2 is 1.88 bits per heavy atom. The van der Waals surface area contributed by atoms with Gasteiger partial charge in [-0.3, -0.25) is 4.79 Å². The number of benzene rings is 1. The molecule has 1 aliphatic rings. The summed E-state index contributed by atoms with van der Waals surface area (Å²) in [7, 11) is -3.48. The lowest BCUT2D eigenvalue weighted by molar-refractivity contribution is 0.0993. The zero-order chi connectivity index (χ0) is 19.1. The third-order valence-corrected chi connectivity index (χ3v) is 8.10. The number of thiophene rings is 1. The van der Waals surface area contributed by atoms with Crippen LogP contribution in [0.3, 0.4) is 0 Å². The molecule has 1 amide bonds. The highest BCUT2D eigenvalue weighted by Crippen LogP contribution is 2.33. The van der Waals surface area contributed by atoms with Gasteiger partial charge < -0.3 is 4.90 Å². The van der Waals surface area contributed by atoms with Crippen molar-refractivity contribution >= 4 is 33.0 Å². The first-order chi connectivity index (χ1) is 12.3. The number of anilines is 1. The zero-order valence-corrected chi connectivity index (χ0v) is 17.2. The minimum absolute atomic E-state index is 0.00991. The van der Waals surface area contributed by atoms with Crippen LogP contribution in [0.15, 0.2) is 29.2 Å². The molecule has 0 aliphatic carbocycles. The third kappa shape index (κ3) is 3.19. The van der Waals surface area contributed by atoms with Gasteiger partial charge in [-0.05, 0) is 55.7 Å². The molecule has 0 N–H and O–H groups in total. The van der Waals surface area contributed by atoms with E-state index in [0.717, 1.165) is 26.6 Å². The highest BCUT2D eigenvalue weighted by atomic mass is 32.2. The van der Waals surface area contributed by atoms with Crippen molar-refractivity contribution in [1.82, 2.24) is 4.31 Å². The van der Waals surface area contributed by atoms with Gasteiger partial charge in [0, 0.05) is 30.2 Å². The summed E-state index contributed by atoms with van der Waals surface area (Å²) in [4.78, 5) is 16.8. The number of aryl methyl sites for hydroxylation is 2. The van der Waals surface area contributed by atoms with E-state index in [1.54, 1.807) is 23.1 Å². The molecule has 7 heteroatoms. The van der Waals surface area contributed by atoms with Crippen LogP contribution in [-0.2, 0) is 16.4 Å². The van der Waals surface area contributed by atoms with E-state index in [1.807, 2.05) is 33.8 Å². The number of sulfonamides is 1. The fourth-order valence-electron chi connectivity index (χ4n) is 3.27. The molecule has 0 saturated heterocycles. The minimum atomic E-state index is -3.48. The Morgan fingerprint density at radius 3 is 2.46 bits per heavy atom. The molecule has 1 aliphatic heterocycles. The van der Waals surface area contributed by atoms with Gasteiger partial charge in [0.1, 0.15) is 0 Å². The van der Waals surface area contributed by atoms with Crippen molar-refractivity contribution in [2.24, 2.45) is 0 Å². The average Bonchev–Trinajstić information content (AvgIpc) is 3.18. The van der Waals surface area contributed by atoms with Crippen molar-refractivity contribution in [3.8, 4) is 0 Å². The molecule has 2 aromatic rings. The quantitative estimate of drug-likeness (QED) is 0.781. The topological polar surface area (TPSA) is 57.7 Å². The van der Waals surface area contributed by atoms with Crippen LogP contribution in [-0.4, -0.2) is 38.3 Å². The van der Waals surface area contributed by atoms with Crippen LogP contribution in [0.4, 0.5) is 5.69 Å². The summed E-state index contributed by atoms with van der Waals surface area (Å²) in [6.45, 7) is 9.15. The Hall–Kier alpha value is -1.70.